The number of nitro benzene ring substituents is 1. The van der Waals surface area contributed by atoms with E-state index in [9.17, 15) is 19.7 Å². The first kappa shape index (κ1) is 17.8. The molecule has 0 bridgehead atoms. The Balaban J connectivity index is 2.20. The Labute approximate surface area is 129 Å². The maximum atomic E-state index is 11.9. The third-order valence-electron chi connectivity index (χ3n) is 3.24. The molecule has 0 saturated heterocycles. The van der Waals surface area contributed by atoms with Gasteiger partial charge in [-0.25, -0.2) is 0 Å². The van der Waals surface area contributed by atoms with Crippen molar-refractivity contribution in [1.29, 1.82) is 0 Å². The second-order valence-electron chi connectivity index (χ2n) is 4.95. The first-order valence-electron chi connectivity index (χ1n) is 7.48. The summed E-state index contributed by atoms with van der Waals surface area (Å²) >= 11 is 0. The highest BCUT2D eigenvalue weighted by atomic mass is 16.6. The Morgan fingerprint density at radius 1 is 1.05 bits per heavy atom. The molecule has 0 radical (unpaired) electrons. The van der Waals surface area contributed by atoms with Crippen molar-refractivity contribution >= 4 is 17.4 Å². The lowest BCUT2D eigenvalue weighted by Crippen LogP contribution is -2.03. The summed E-state index contributed by atoms with van der Waals surface area (Å²) in [5, 5.41) is 10.5. The SMILES string of the molecule is CCOC(=O)CCCCCCC(=O)c1ccc([N+](=O)[O-])cc1. The smallest absolute Gasteiger partial charge is 0.305 e. The standard InChI is InChI=1S/C16H21NO5/c1-2-22-16(19)8-6-4-3-5-7-15(18)13-9-11-14(12-10-13)17(20)21/h9-12H,2-8H2,1H3. The molecule has 0 aliphatic rings. The molecule has 0 saturated carbocycles. The van der Waals surface area contributed by atoms with Gasteiger partial charge in [0.25, 0.3) is 5.69 Å². The highest BCUT2D eigenvalue weighted by Gasteiger charge is 2.09. The Morgan fingerprint density at radius 3 is 2.18 bits per heavy atom. The number of unbranched alkanes of at least 4 members (excludes halogenated alkanes) is 3. The zero-order valence-electron chi connectivity index (χ0n) is 12.7. The molecule has 6 heteroatoms. The molecule has 0 aliphatic carbocycles. The van der Waals surface area contributed by atoms with Gasteiger partial charge in [0.1, 0.15) is 0 Å². The molecule has 0 N–H and O–H groups in total. The van der Waals surface area contributed by atoms with Gasteiger partial charge in [-0.2, -0.15) is 0 Å². The van der Waals surface area contributed by atoms with Crippen LogP contribution in [0, 0.1) is 10.1 Å². The van der Waals surface area contributed by atoms with Gasteiger partial charge in [0, 0.05) is 30.5 Å². The van der Waals surface area contributed by atoms with Crippen molar-refractivity contribution in [2.45, 2.75) is 45.4 Å². The van der Waals surface area contributed by atoms with Gasteiger partial charge in [0.15, 0.2) is 5.78 Å². The fraction of sp³-hybridized carbons (Fsp3) is 0.500. The predicted molar refractivity (Wildman–Crippen MR) is 81.8 cm³/mol. The van der Waals surface area contributed by atoms with Crippen LogP contribution in [0.15, 0.2) is 24.3 Å². The van der Waals surface area contributed by atoms with Crippen molar-refractivity contribution in [2.24, 2.45) is 0 Å². The number of hydrogen-bond donors (Lipinski definition) is 0. The van der Waals surface area contributed by atoms with Crippen molar-refractivity contribution in [3.8, 4) is 0 Å². The zero-order chi connectivity index (χ0) is 16.4. The molecule has 22 heavy (non-hydrogen) atoms. The van der Waals surface area contributed by atoms with Crippen molar-refractivity contribution in [1.82, 2.24) is 0 Å². The molecule has 0 spiro atoms. The fourth-order valence-electron chi connectivity index (χ4n) is 2.05. The monoisotopic (exact) mass is 307 g/mol. The Bertz CT molecular complexity index is 510. The Morgan fingerprint density at radius 2 is 1.64 bits per heavy atom. The molecule has 0 unspecified atom stereocenters. The summed E-state index contributed by atoms with van der Waals surface area (Å²) in [5.41, 5.74) is 0.479. The number of carbonyl (C=O) groups excluding carboxylic acids is 2. The number of ether oxygens (including phenoxy) is 1. The second-order valence-corrected chi connectivity index (χ2v) is 4.95. The van der Waals surface area contributed by atoms with Crippen molar-refractivity contribution < 1.29 is 19.2 Å². The zero-order valence-corrected chi connectivity index (χ0v) is 12.7. The van der Waals surface area contributed by atoms with Gasteiger partial charge in [0.2, 0.25) is 0 Å². The highest BCUT2D eigenvalue weighted by molar-refractivity contribution is 5.96. The number of hydrogen-bond acceptors (Lipinski definition) is 5. The minimum absolute atomic E-state index is 0.0136. The molecule has 1 aromatic rings. The number of benzene rings is 1. The van der Waals surface area contributed by atoms with Crippen molar-refractivity contribution in [3.63, 3.8) is 0 Å². The summed E-state index contributed by atoms with van der Waals surface area (Å²) in [6, 6.07) is 5.65. The lowest BCUT2D eigenvalue weighted by atomic mass is 10.0. The molecule has 0 atom stereocenters. The summed E-state index contributed by atoms with van der Waals surface area (Å²) in [5.74, 6) is -0.190. The predicted octanol–water partition coefficient (Wildman–Crippen LogP) is 3.68. The molecule has 1 aromatic carbocycles. The van der Waals surface area contributed by atoms with Crippen molar-refractivity contribution in [3.05, 3.63) is 39.9 Å². The van der Waals surface area contributed by atoms with E-state index in [0.29, 0.717) is 25.0 Å². The van der Waals surface area contributed by atoms with E-state index < -0.39 is 4.92 Å². The van der Waals surface area contributed by atoms with Gasteiger partial charge < -0.3 is 4.74 Å². The van der Waals surface area contributed by atoms with Crippen LogP contribution in [0.5, 0.6) is 0 Å². The maximum absolute atomic E-state index is 11.9. The normalized spacial score (nSPS) is 10.2. The molecule has 1 rings (SSSR count). The molecule has 6 nitrogen and oxygen atoms in total. The number of carbonyl (C=O) groups is 2. The minimum atomic E-state index is -0.488. The quantitative estimate of drug-likeness (QED) is 0.216. The molecule has 0 aliphatic heterocycles. The third kappa shape index (κ3) is 6.47. The molecule has 0 amide bonds. The van der Waals surface area contributed by atoms with Gasteiger partial charge in [-0.1, -0.05) is 12.8 Å². The first-order valence-corrected chi connectivity index (χ1v) is 7.48. The topological polar surface area (TPSA) is 86.5 Å². The number of nitrogens with zero attached hydrogens (tertiary/aromatic N) is 1. The molecule has 0 aromatic heterocycles. The Hall–Kier alpha value is -2.24. The van der Waals surface area contributed by atoms with E-state index in [1.165, 1.54) is 24.3 Å². The fourth-order valence-corrected chi connectivity index (χ4v) is 2.05. The number of non-ortho nitro benzene ring substituents is 1. The highest BCUT2D eigenvalue weighted by Crippen LogP contribution is 2.15. The second kappa shape index (κ2) is 9.65. The van der Waals surface area contributed by atoms with Crippen LogP contribution in [0.4, 0.5) is 5.69 Å². The van der Waals surface area contributed by atoms with E-state index in [1.54, 1.807) is 6.92 Å². The van der Waals surface area contributed by atoms with E-state index in [4.69, 9.17) is 4.74 Å². The van der Waals surface area contributed by atoms with Gasteiger partial charge in [-0.05, 0) is 31.9 Å². The maximum Gasteiger partial charge on any atom is 0.305 e. The lowest BCUT2D eigenvalue weighted by molar-refractivity contribution is -0.384. The van der Waals surface area contributed by atoms with Crippen LogP contribution >= 0.6 is 0 Å². The molecular weight excluding hydrogens is 286 g/mol. The van der Waals surface area contributed by atoms with Gasteiger partial charge >= 0.3 is 5.97 Å². The molecule has 0 fully saturated rings. The van der Waals surface area contributed by atoms with Crippen LogP contribution in [0.2, 0.25) is 0 Å². The molecule has 0 heterocycles. The number of Topliss-reactive ketones (excluding diaryl/α,β-unsaturated/α-hetero) is 1. The van der Waals surface area contributed by atoms with E-state index in [0.717, 1.165) is 25.7 Å². The summed E-state index contributed by atoms with van der Waals surface area (Å²) in [7, 11) is 0. The minimum Gasteiger partial charge on any atom is -0.466 e. The van der Waals surface area contributed by atoms with Crippen LogP contribution in [0.25, 0.3) is 0 Å². The number of esters is 1. The van der Waals surface area contributed by atoms with Crippen LogP contribution < -0.4 is 0 Å². The summed E-state index contributed by atoms with van der Waals surface area (Å²) < 4.78 is 4.83. The number of ketones is 1. The average molecular weight is 307 g/mol. The Kier molecular flexibility index (Phi) is 7.81. The van der Waals surface area contributed by atoms with Crippen molar-refractivity contribution in [2.75, 3.05) is 6.61 Å². The van der Waals surface area contributed by atoms with Crippen LogP contribution in [-0.4, -0.2) is 23.3 Å². The number of rotatable bonds is 10. The summed E-state index contributed by atoms with van der Waals surface area (Å²) in [6.07, 6.45) is 4.11. The summed E-state index contributed by atoms with van der Waals surface area (Å²) in [4.78, 5) is 33.1. The van der Waals surface area contributed by atoms with E-state index in [1.807, 2.05) is 0 Å². The van der Waals surface area contributed by atoms with Crippen LogP contribution in [0.3, 0.4) is 0 Å². The summed E-state index contributed by atoms with van der Waals surface area (Å²) in [6.45, 7) is 2.18. The molecule has 120 valence electrons. The average Bonchev–Trinajstić information content (AvgIpc) is 2.50. The third-order valence-corrected chi connectivity index (χ3v) is 3.24. The van der Waals surface area contributed by atoms with Gasteiger partial charge in [-0.15, -0.1) is 0 Å². The first-order chi connectivity index (χ1) is 10.5. The van der Waals surface area contributed by atoms with Crippen LogP contribution in [0.1, 0.15) is 55.8 Å². The molecular formula is C16H21NO5. The van der Waals surface area contributed by atoms with E-state index in [2.05, 4.69) is 0 Å². The van der Waals surface area contributed by atoms with Crippen LogP contribution in [-0.2, 0) is 9.53 Å². The largest absolute Gasteiger partial charge is 0.466 e. The van der Waals surface area contributed by atoms with Gasteiger partial charge in [0.05, 0.1) is 11.5 Å². The van der Waals surface area contributed by atoms with E-state index in [-0.39, 0.29) is 17.4 Å². The number of nitro groups is 1. The van der Waals surface area contributed by atoms with Gasteiger partial charge in [-0.3, -0.25) is 19.7 Å². The lowest BCUT2D eigenvalue weighted by Gasteiger charge is -2.03. The van der Waals surface area contributed by atoms with E-state index >= 15 is 0 Å².